The van der Waals surface area contributed by atoms with E-state index >= 15 is 0 Å². The molecule has 1 fully saturated rings. The lowest BCUT2D eigenvalue weighted by molar-refractivity contribution is -0.132. The molecule has 126 valence electrons. The van der Waals surface area contributed by atoms with E-state index in [1.807, 2.05) is 49.0 Å². The molecule has 1 aromatic carbocycles. The van der Waals surface area contributed by atoms with Gasteiger partial charge in [0.1, 0.15) is 0 Å². The molecule has 1 atom stereocenters. The Labute approximate surface area is 142 Å². The van der Waals surface area contributed by atoms with E-state index in [-0.39, 0.29) is 24.4 Å². The molecular weight excluding hydrogens is 310 g/mol. The summed E-state index contributed by atoms with van der Waals surface area (Å²) in [5.41, 5.74) is 0.580. The van der Waals surface area contributed by atoms with Crippen LogP contribution in [0.5, 0.6) is 0 Å². The first-order valence-electron chi connectivity index (χ1n) is 7.93. The van der Waals surface area contributed by atoms with Crippen LogP contribution in [0.25, 0.3) is 0 Å². The first kappa shape index (κ1) is 17.8. The second kappa shape index (κ2) is 8.93. The van der Waals surface area contributed by atoms with E-state index in [2.05, 4.69) is 10.2 Å². The Kier molecular flexibility index (Phi) is 6.92. The van der Waals surface area contributed by atoms with Gasteiger partial charge in [-0.3, -0.25) is 9.59 Å². The Morgan fingerprint density at radius 2 is 2.04 bits per heavy atom. The van der Waals surface area contributed by atoms with Gasteiger partial charge in [-0.2, -0.15) is 11.8 Å². The first-order valence-corrected chi connectivity index (χ1v) is 9.08. The van der Waals surface area contributed by atoms with E-state index in [1.165, 1.54) is 0 Å². The van der Waals surface area contributed by atoms with Gasteiger partial charge in [0.05, 0.1) is 12.6 Å². The maximum Gasteiger partial charge on any atom is 0.251 e. The van der Waals surface area contributed by atoms with E-state index in [1.54, 1.807) is 12.1 Å². The largest absolute Gasteiger partial charge is 0.343 e. The summed E-state index contributed by atoms with van der Waals surface area (Å²) in [4.78, 5) is 28.7. The van der Waals surface area contributed by atoms with E-state index < -0.39 is 0 Å². The van der Waals surface area contributed by atoms with Crippen LogP contribution in [0.15, 0.2) is 30.3 Å². The maximum atomic E-state index is 12.6. The van der Waals surface area contributed by atoms with Gasteiger partial charge < -0.3 is 15.1 Å². The number of carbonyl (C=O) groups is 2. The van der Waals surface area contributed by atoms with Crippen molar-refractivity contribution in [1.29, 1.82) is 0 Å². The molecule has 1 N–H and O–H groups in total. The smallest absolute Gasteiger partial charge is 0.251 e. The fourth-order valence-electron chi connectivity index (χ4n) is 2.68. The molecule has 1 aliphatic heterocycles. The van der Waals surface area contributed by atoms with Crippen LogP contribution in [0.2, 0.25) is 0 Å². The average molecular weight is 335 g/mol. The van der Waals surface area contributed by atoms with Crippen LogP contribution in [-0.4, -0.2) is 72.9 Å². The van der Waals surface area contributed by atoms with Gasteiger partial charge in [0.15, 0.2) is 0 Å². The molecule has 0 bridgehead atoms. The summed E-state index contributed by atoms with van der Waals surface area (Å²) >= 11 is 1.90. The van der Waals surface area contributed by atoms with Crippen molar-refractivity contribution in [2.75, 3.05) is 45.2 Å². The monoisotopic (exact) mass is 335 g/mol. The van der Waals surface area contributed by atoms with E-state index in [0.29, 0.717) is 5.56 Å². The zero-order valence-corrected chi connectivity index (χ0v) is 14.6. The molecule has 1 aliphatic rings. The van der Waals surface area contributed by atoms with Gasteiger partial charge in [0.2, 0.25) is 5.91 Å². The van der Waals surface area contributed by atoms with Crippen molar-refractivity contribution < 1.29 is 9.59 Å². The predicted octanol–water partition coefficient (Wildman–Crippen LogP) is 1.31. The maximum absolute atomic E-state index is 12.6. The normalized spacial score (nSPS) is 18.6. The highest BCUT2D eigenvalue weighted by atomic mass is 32.2. The summed E-state index contributed by atoms with van der Waals surface area (Å²) < 4.78 is 0. The van der Waals surface area contributed by atoms with Crippen LogP contribution in [0, 0.1) is 0 Å². The number of nitrogens with one attached hydrogen (secondary N) is 1. The molecule has 1 saturated heterocycles. The molecule has 2 rings (SSSR count). The summed E-state index contributed by atoms with van der Waals surface area (Å²) in [6.45, 7) is 1.68. The summed E-state index contributed by atoms with van der Waals surface area (Å²) in [6, 6.07) is 9.20. The van der Waals surface area contributed by atoms with Crippen LogP contribution in [0.4, 0.5) is 0 Å². The first-order chi connectivity index (χ1) is 11.1. The average Bonchev–Trinajstić information content (AvgIpc) is 2.78. The predicted molar refractivity (Wildman–Crippen MR) is 94.8 cm³/mol. The quantitative estimate of drug-likeness (QED) is 0.882. The molecular formula is C17H25N3O2S. The van der Waals surface area contributed by atoms with Crippen molar-refractivity contribution in [3.8, 4) is 0 Å². The van der Waals surface area contributed by atoms with Crippen molar-refractivity contribution in [2.24, 2.45) is 0 Å². The third-order valence-electron chi connectivity index (χ3n) is 3.77. The molecule has 5 nitrogen and oxygen atoms in total. The number of hydrogen-bond acceptors (Lipinski definition) is 4. The van der Waals surface area contributed by atoms with Crippen molar-refractivity contribution in [2.45, 2.75) is 12.5 Å². The number of hydrogen-bond donors (Lipinski definition) is 1. The topological polar surface area (TPSA) is 52.6 Å². The number of rotatable bonds is 5. The van der Waals surface area contributed by atoms with Crippen molar-refractivity contribution >= 4 is 23.6 Å². The molecule has 0 spiro atoms. The lowest BCUT2D eigenvalue weighted by Crippen LogP contribution is -2.50. The van der Waals surface area contributed by atoms with E-state index in [0.717, 1.165) is 31.0 Å². The second-order valence-corrected chi connectivity index (χ2v) is 7.13. The number of benzene rings is 1. The van der Waals surface area contributed by atoms with Gasteiger partial charge in [-0.15, -0.1) is 0 Å². The molecule has 0 radical (unpaired) electrons. The lowest BCUT2D eigenvalue weighted by atomic mass is 10.2. The molecule has 23 heavy (non-hydrogen) atoms. The minimum Gasteiger partial charge on any atom is -0.343 e. The SMILES string of the molecule is CN(C)CC1CSCCCN1C(=O)CNC(=O)c1ccccc1. The Hall–Kier alpha value is -1.53. The fourth-order valence-corrected chi connectivity index (χ4v) is 3.74. The zero-order valence-electron chi connectivity index (χ0n) is 13.8. The number of amides is 2. The lowest BCUT2D eigenvalue weighted by Gasteiger charge is -2.31. The van der Waals surface area contributed by atoms with Crippen LogP contribution >= 0.6 is 11.8 Å². The Morgan fingerprint density at radius 1 is 1.30 bits per heavy atom. The second-order valence-electron chi connectivity index (χ2n) is 5.98. The highest BCUT2D eigenvalue weighted by molar-refractivity contribution is 7.99. The standard InChI is InChI=1S/C17H25N3O2S/c1-19(2)12-15-13-23-10-6-9-20(15)16(21)11-18-17(22)14-7-4-3-5-8-14/h3-5,7-8,15H,6,9-13H2,1-2H3,(H,18,22). The highest BCUT2D eigenvalue weighted by Gasteiger charge is 2.26. The van der Waals surface area contributed by atoms with E-state index in [9.17, 15) is 9.59 Å². The summed E-state index contributed by atoms with van der Waals surface area (Å²) in [7, 11) is 4.05. The number of nitrogens with zero attached hydrogens (tertiary/aromatic N) is 2. The molecule has 1 unspecified atom stereocenters. The Balaban J connectivity index is 1.93. The molecule has 1 aromatic rings. The number of likely N-dealkylation sites (N-methyl/N-ethyl adjacent to an activating group) is 1. The zero-order chi connectivity index (χ0) is 16.7. The summed E-state index contributed by atoms with van der Waals surface area (Å²) in [5, 5.41) is 2.74. The van der Waals surface area contributed by atoms with Crippen molar-refractivity contribution in [1.82, 2.24) is 15.1 Å². The van der Waals surface area contributed by atoms with Crippen LogP contribution in [-0.2, 0) is 4.79 Å². The van der Waals surface area contributed by atoms with Gasteiger partial charge in [0.25, 0.3) is 5.91 Å². The summed E-state index contributed by atoms with van der Waals surface area (Å²) in [5.74, 6) is 1.84. The van der Waals surface area contributed by atoms with Crippen molar-refractivity contribution in [3.05, 3.63) is 35.9 Å². The van der Waals surface area contributed by atoms with Crippen LogP contribution in [0.3, 0.4) is 0 Å². The van der Waals surface area contributed by atoms with Gasteiger partial charge in [-0.1, -0.05) is 18.2 Å². The third kappa shape index (κ3) is 5.55. The van der Waals surface area contributed by atoms with Crippen LogP contribution < -0.4 is 5.32 Å². The Bertz CT molecular complexity index is 522. The minimum absolute atomic E-state index is 0.00336. The van der Waals surface area contributed by atoms with Crippen molar-refractivity contribution in [3.63, 3.8) is 0 Å². The third-order valence-corrected chi connectivity index (χ3v) is 4.97. The minimum atomic E-state index is -0.202. The van der Waals surface area contributed by atoms with Gasteiger partial charge >= 0.3 is 0 Å². The van der Waals surface area contributed by atoms with Gasteiger partial charge in [0, 0.05) is 24.4 Å². The summed E-state index contributed by atoms with van der Waals surface area (Å²) in [6.07, 6.45) is 1.01. The molecule has 0 aliphatic carbocycles. The van der Waals surface area contributed by atoms with Gasteiger partial charge in [-0.05, 0) is 38.4 Å². The Morgan fingerprint density at radius 3 is 2.74 bits per heavy atom. The molecule has 6 heteroatoms. The molecule has 2 amide bonds. The molecule has 0 saturated carbocycles. The molecule has 1 heterocycles. The van der Waals surface area contributed by atoms with Gasteiger partial charge in [-0.25, -0.2) is 0 Å². The number of carbonyl (C=O) groups excluding carboxylic acids is 2. The highest BCUT2D eigenvalue weighted by Crippen LogP contribution is 2.17. The van der Waals surface area contributed by atoms with E-state index in [4.69, 9.17) is 0 Å². The van der Waals surface area contributed by atoms with Crippen LogP contribution in [0.1, 0.15) is 16.8 Å². The molecule has 0 aromatic heterocycles. The fraction of sp³-hybridized carbons (Fsp3) is 0.529. The number of thioether (sulfide) groups is 1.